The molecule has 3 heterocycles. The van der Waals surface area contributed by atoms with Crippen molar-refractivity contribution in [2.75, 3.05) is 6.54 Å². The summed E-state index contributed by atoms with van der Waals surface area (Å²) < 4.78 is 1.85. The summed E-state index contributed by atoms with van der Waals surface area (Å²) in [6.45, 7) is 11.9. The summed E-state index contributed by atoms with van der Waals surface area (Å²) >= 11 is 0. The van der Waals surface area contributed by atoms with Gasteiger partial charge in [-0.3, -0.25) is 9.69 Å². The van der Waals surface area contributed by atoms with Gasteiger partial charge in [-0.05, 0) is 85.7 Å². The lowest BCUT2D eigenvalue weighted by atomic mass is 9.95. The molecule has 7 nitrogen and oxygen atoms in total. The van der Waals surface area contributed by atoms with Crippen molar-refractivity contribution in [2.24, 2.45) is 0 Å². The number of benzene rings is 2. The van der Waals surface area contributed by atoms with Crippen LogP contribution in [0.15, 0.2) is 47.3 Å². The average Bonchev–Trinajstić information content (AvgIpc) is 3.25. The quantitative estimate of drug-likeness (QED) is 0.518. The Balaban J connectivity index is 1.71. The van der Waals surface area contributed by atoms with Crippen molar-refractivity contribution in [2.45, 2.75) is 59.2 Å². The van der Waals surface area contributed by atoms with Gasteiger partial charge in [0.1, 0.15) is 6.04 Å². The van der Waals surface area contributed by atoms with E-state index in [4.69, 9.17) is 0 Å². The molecule has 0 fully saturated rings. The molecule has 170 valence electrons. The van der Waals surface area contributed by atoms with Crippen molar-refractivity contribution in [1.29, 1.82) is 0 Å². The van der Waals surface area contributed by atoms with Crippen molar-refractivity contribution in [1.82, 2.24) is 30.1 Å². The summed E-state index contributed by atoms with van der Waals surface area (Å²) in [5.74, 6) is 0.691. The van der Waals surface area contributed by atoms with Gasteiger partial charge in [0.25, 0.3) is 5.56 Å². The topological polar surface area (TPSA) is 79.7 Å². The molecule has 1 unspecified atom stereocenters. The zero-order chi connectivity index (χ0) is 23.3. The van der Waals surface area contributed by atoms with Gasteiger partial charge in [-0.15, -0.1) is 5.10 Å². The Morgan fingerprint density at radius 2 is 1.82 bits per heavy atom. The molecule has 0 radical (unpaired) electrons. The molecular formula is C26H30N6O. The molecule has 0 saturated carbocycles. The first-order valence-electron chi connectivity index (χ1n) is 11.5. The van der Waals surface area contributed by atoms with E-state index >= 15 is 0 Å². The Hall–Kier alpha value is -3.32. The van der Waals surface area contributed by atoms with Gasteiger partial charge in [-0.25, -0.2) is 4.68 Å². The summed E-state index contributed by atoms with van der Waals surface area (Å²) in [6, 6.07) is 14.4. The number of nitrogens with zero attached hydrogens (tertiary/aromatic N) is 5. The minimum Gasteiger partial charge on any atom is -0.321 e. The second-order valence-corrected chi connectivity index (χ2v) is 10.1. The maximum absolute atomic E-state index is 13.5. The fourth-order valence-corrected chi connectivity index (χ4v) is 4.99. The number of aromatic nitrogens is 5. The molecule has 0 bridgehead atoms. The van der Waals surface area contributed by atoms with Crippen LogP contribution in [0, 0.1) is 13.8 Å². The lowest BCUT2D eigenvalue weighted by Crippen LogP contribution is -2.40. The molecular weight excluding hydrogens is 412 g/mol. The van der Waals surface area contributed by atoms with Crippen molar-refractivity contribution < 1.29 is 0 Å². The fraction of sp³-hybridized carbons (Fsp3) is 0.385. The van der Waals surface area contributed by atoms with Gasteiger partial charge in [0.15, 0.2) is 5.82 Å². The third kappa shape index (κ3) is 3.86. The number of fused-ring (bicyclic) bond motifs is 2. The molecule has 1 atom stereocenters. The van der Waals surface area contributed by atoms with Crippen LogP contribution in [0.5, 0.6) is 0 Å². The molecule has 2 aromatic carbocycles. The van der Waals surface area contributed by atoms with Gasteiger partial charge in [-0.1, -0.05) is 35.9 Å². The third-order valence-electron chi connectivity index (χ3n) is 6.52. The zero-order valence-electron chi connectivity index (χ0n) is 19.9. The molecule has 1 N–H and O–H groups in total. The third-order valence-corrected chi connectivity index (χ3v) is 6.52. The highest BCUT2D eigenvalue weighted by Gasteiger charge is 2.34. The first-order valence-corrected chi connectivity index (χ1v) is 11.5. The molecule has 7 heteroatoms. The smallest absolute Gasteiger partial charge is 0.253 e. The van der Waals surface area contributed by atoms with E-state index < -0.39 is 0 Å². The normalized spacial score (nSPS) is 15.5. The second-order valence-electron chi connectivity index (χ2n) is 10.1. The van der Waals surface area contributed by atoms with E-state index in [1.807, 2.05) is 17.7 Å². The lowest BCUT2D eigenvalue weighted by Gasteiger charge is -2.36. The number of H-pyrrole nitrogens is 1. The SMILES string of the molecule is Cc1cc(C)c2[nH]c(=O)c(C(c3nnnn3C(C)(C)C)N3CCc4ccccc4C3)cc2c1. The number of pyridine rings is 1. The van der Waals surface area contributed by atoms with E-state index in [0.29, 0.717) is 11.4 Å². The van der Waals surface area contributed by atoms with Crippen molar-refractivity contribution in [3.05, 3.63) is 86.5 Å². The molecule has 33 heavy (non-hydrogen) atoms. The Morgan fingerprint density at radius 3 is 2.58 bits per heavy atom. The standard InChI is InChI=1S/C26H30N6O/c1-16-12-17(2)22-20(13-16)14-21(25(33)27-22)23(24-28-29-30-32(24)26(3,4)5)31-11-10-18-8-6-7-9-19(18)15-31/h6-9,12-14,23H,10-11,15H2,1-5H3,(H,27,33). The highest BCUT2D eigenvalue weighted by molar-refractivity contribution is 5.83. The molecule has 0 spiro atoms. The summed E-state index contributed by atoms with van der Waals surface area (Å²) in [7, 11) is 0. The van der Waals surface area contributed by atoms with Crippen LogP contribution < -0.4 is 5.56 Å². The predicted octanol–water partition coefficient (Wildman–Crippen LogP) is 4.03. The first-order chi connectivity index (χ1) is 15.7. The zero-order valence-corrected chi connectivity index (χ0v) is 19.9. The maximum Gasteiger partial charge on any atom is 0.253 e. The van der Waals surface area contributed by atoms with E-state index in [0.717, 1.165) is 36.0 Å². The lowest BCUT2D eigenvalue weighted by molar-refractivity contribution is 0.185. The van der Waals surface area contributed by atoms with Crippen LogP contribution in [0.3, 0.4) is 0 Å². The van der Waals surface area contributed by atoms with E-state index in [-0.39, 0.29) is 17.1 Å². The Morgan fingerprint density at radius 1 is 1.06 bits per heavy atom. The van der Waals surface area contributed by atoms with Crippen molar-refractivity contribution in [3.8, 4) is 0 Å². The molecule has 0 aliphatic carbocycles. The molecule has 4 aromatic rings. The number of aromatic amines is 1. The molecule has 0 amide bonds. The van der Waals surface area contributed by atoms with E-state index in [1.165, 1.54) is 16.7 Å². The van der Waals surface area contributed by atoms with Crippen LogP contribution in [0.4, 0.5) is 0 Å². The minimum atomic E-state index is -0.360. The van der Waals surface area contributed by atoms with Gasteiger partial charge in [0, 0.05) is 18.7 Å². The summed E-state index contributed by atoms with van der Waals surface area (Å²) in [5.41, 5.74) is 6.02. The molecule has 5 rings (SSSR count). The van der Waals surface area contributed by atoms with E-state index in [1.54, 1.807) is 0 Å². The average molecular weight is 443 g/mol. The highest BCUT2D eigenvalue weighted by Crippen LogP contribution is 2.33. The fourth-order valence-electron chi connectivity index (χ4n) is 4.99. The maximum atomic E-state index is 13.5. The van der Waals surface area contributed by atoms with Crippen LogP contribution >= 0.6 is 0 Å². The number of hydrogen-bond acceptors (Lipinski definition) is 5. The highest BCUT2D eigenvalue weighted by atomic mass is 16.1. The van der Waals surface area contributed by atoms with Gasteiger partial charge in [0.05, 0.1) is 11.1 Å². The van der Waals surface area contributed by atoms with Crippen LogP contribution in [-0.2, 0) is 18.5 Å². The number of tetrazole rings is 1. The predicted molar refractivity (Wildman–Crippen MR) is 129 cm³/mol. The van der Waals surface area contributed by atoms with Gasteiger partial charge >= 0.3 is 0 Å². The van der Waals surface area contributed by atoms with E-state index in [9.17, 15) is 4.79 Å². The second kappa shape index (κ2) is 7.92. The van der Waals surface area contributed by atoms with Crippen LogP contribution in [0.25, 0.3) is 10.9 Å². The van der Waals surface area contributed by atoms with Crippen molar-refractivity contribution in [3.63, 3.8) is 0 Å². The van der Waals surface area contributed by atoms with Crippen LogP contribution in [-0.4, -0.2) is 36.6 Å². The van der Waals surface area contributed by atoms with Crippen LogP contribution in [0.2, 0.25) is 0 Å². The summed E-state index contributed by atoms with van der Waals surface area (Å²) in [6.07, 6.45) is 0.924. The van der Waals surface area contributed by atoms with Gasteiger partial charge < -0.3 is 4.98 Å². The summed E-state index contributed by atoms with van der Waals surface area (Å²) in [5, 5.41) is 13.8. The molecule has 1 aliphatic heterocycles. The first kappa shape index (κ1) is 21.5. The van der Waals surface area contributed by atoms with Gasteiger partial charge in [-0.2, -0.15) is 0 Å². The minimum absolute atomic E-state index is 0.0956. The van der Waals surface area contributed by atoms with Crippen molar-refractivity contribution >= 4 is 10.9 Å². The number of aryl methyl sites for hydroxylation is 2. The molecule has 1 aliphatic rings. The molecule has 0 saturated heterocycles. The van der Waals surface area contributed by atoms with Gasteiger partial charge in [0.2, 0.25) is 0 Å². The monoisotopic (exact) mass is 442 g/mol. The Kier molecular flexibility index (Phi) is 5.16. The summed E-state index contributed by atoms with van der Waals surface area (Å²) in [4.78, 5) is 19.0. The largest absolute Gasteiger partial charge is 0.321 e. The number of hydrogen-bond donors (Lipinski definition) is 1. The Labute approximate surface area is 193 Å². The number of rotatable bonds is 3. The number of nitrogens with one attached hydrogen (secondary N) is 1. The molecule has 2 aromatic heterocycles. The Bertz CT molecular complexity index is 1390. The van der Waals surface area contributed by atoms with Crippen LogP contribution in [0.1, 0.15) is 60.5 Å². The van der Waals surface area contributed by atoms with E-state index in [2.05, 4.69) is 89.5 Å².